The Labute approximate surface area is 127 Å². The molecule has 0 N–H and O–H groups in total. The van der Waals surface area contributed by atoms with Gasteiger partial charge in [-0.05, 0) is 24.6 Å². The van der Waals surface area contributed by atoms with E-state index in [0.717, 1.165) is 5.56 Å². The van der Waals surface area contributed by atoms with E-state index in [0.29, 0.717) is 29.6 Å². The van der Waals surface area contributed by atoms with Crippen LogP contribution >= 0.6 is 0 Å². The first-order chi connectivity index (χ1) is 10.5. The van der Waals surface area contributed by atoms with Gasteiger partial charge in [0.1, 0.15) is 5.69 Å². The Bertz CT molecular complexity index is 741. The summed E-state index contributed by atoms with van der Waals surface area (Å²) >= 11 is 0. The fourth-order valence-electron chi connectivity index (χ4n) is 2.66. The van der Waals surface area contributed by atoms with Gasteiger partial charge in [0.2, 0.25) is 12.6 Å². The van der Waals surface area contributed by atoms with Gasteiger partial charge in [0.05, 0.1) is 4.92 Å². The van der Waals surface area contributed by atoms with Gasteiger partial charge >= 0.3 is 5.69 Å². The molecule has 0 amide bonds. The summed E-state index contributed by atoms with van der Waals surface area (Å²) in [4.78, 5) is 12.7. The first kappa shape index (κ1) is 14.2. The van der Waals surface area contributed by atoms with E-state index in [9.17, 15) is 10.1 Å². The van der Waals surface area contributed by atoms with Crippen molar-refractivity contribution in [3.63, 3.8) is 0 Å². The monoisotopic (exact) mass is 304 g/mol. The Hall–Kier alpha value is -2.77. The molecule has 22 heavy (non-hydrogen) atoms. The number of nitrogens with zero attached hydrogens (tertiary/aromatic N) is 4. The number of fused-ring (bicyclic) bond motifs is 1. The van der Waals surface area contributed by atoms with Crippen LogP contribution in [0.25, 0.3) is 0 Å². The Balaban J connectivity index is 1.89. The van der Waals surface area contributed by atoms with Crippen molar-refractivity contribution in [2.24, 2.45) is 7.05 Å². The van der Waals surface area contributed by atoms with Crippen molar-refractivity contribution in [2.75, 3.05) is 18.7 Å². The molecular formula is C14H16N4O4. The lowest BCUT2D eigenvalue weighted by atomic mass is 10.2. The summed E-state index contributed by atoms with van der Waals surface area (Å²) < 4.78 is 12.2. The van der Waals surface area contributed by atoms with Crippen LogP contribution in [-0.4, -0.2) is 28.5 Å². The highest BCUT2D eigenvalue weighted by molar-refractivity contribution is 5.61. The molecule has 0 aliphatic carbocycles. The van der Waals surface area contributed by atoms with E-state index in [1.807, 2.05) is 18.2 Å². The SMILES string of the molecule is Cc1nn(C)c(N(C)Cc2ccc3c(c2)OCO3)c1[N+](=O)[O-]. The molecule has 3 rings (SSSR count). The Morgan fingerprint density at radius 1 is 1.41 bits per heavy atom. The summed E-state index contributed by atoms with van der Waals surface area (Å²) in [6.07, 6.45) is 0. The van der Waals surface area contributed by atoms with E-state index < -0.39 is 4.92 Å². The average molecular weight is 304 g/mol. The molecule has 0 unspecified atom stereocenters. The molecule has 0 saturated carbocycles. The Morgan fingerprint density at radius 2 is 2.14 bits per heavy atom. The zero-order valence-corrected chi connectivity index (χ0v) is 12.6. The van der Waals surface area contributed by atoms with Gasteiger partial charge in [0.15, 0.2) is 11.5 Å². The van der Waals surface area contributed by atoms with Crippen LogP contribution < -0.4 is 14.4 Å². The Kier molecular flexibility index (Phi) is 3.36. The minimum absolute atomic E-state index is 0.0331. The normalized spacial score (nSPS) is 12.5. The third kappa shape index (κ3) is 2.32. The van der Waals surface area contributed by atoms with Gasteiger partial charge in [0.25, 0.3) is 0 Å². The number of benzene rings is 1. The van der Waals surface area contributed by atoms with Gasteiger partial charge in [-0.3, -0.25) is 10.1 Å². The lowest BCUT2D eigenvalue weighted by Crippen LogP contribution is -2.20. The van der Waals surface area contributed by atoms with E-state index in [4.69, 9.17) is 9.47 Å². The summed E-state index contributed by atoms with van der Waals surface area (Å²) in [5.41, 5.74) is 1.41. The number of nitro groups is 1. The van der Waals surface area contributed by atoms with Crippen molar-refractivity contribution in [3.8, 4) is 11.5 Å². The predicted molar refractivity (Wildman–Crippen MR) is 79.3 cm³/mol. The molecule has 116 valence electrons. The molecule has 0 spiro atoms. The first-order valence-corrected chi connectivity index (χ1v) is 6.75. The zero-order chi connectivity index (χ0) is 15.9. The fourth-order valence-corrected chi connectivity index (χ4v) is 2.66. The number of hydrogen-bond acceptors (Lipinski definition) is 6. The van der Waals surface area contributed by atoms with Gasteiger partial charge in [0, 0.05) is 20.6 Å². The molecule has 8 nitrogen and oxygen atoms in total. The van der Waals surface area contributed by atoms with Crippen LogP contribution in [0.2, 0.25) is 0 Å². The summed E-state index contributed by atoms with van der Waals surface area (Å²) in [5.74, 6) is 1.88. The van der Waals surface area contributed by atoms with E-state index in [1.54, 1.807) is 25.9 Å². The zero-order valence-electron chi connectivity index (χ0n) is 12.6. The van der Waals surface area contributed by atoms with Gasteiger partial charge in [-0.2, -0.15) is 5.10 Å². The van der Waals surface area contributed by atoms with Crippen LogP contribution in [0.1, 0.15) is 11.3 Å². The number of anilines is 1. The quantitative estimate of drug-likeness (QED) is 0.634. The highest BCUT2D eigenvalue weighted by Gasteiger charge is 2.27. The highest BCUT2D eigenvalue weighted by atomic mass is 16.7. The number of aryl methyl sites for hydroxylation is 2. The molecule has 0 saturated heterocycles. The number of ether oxygens (including phenoxy) is 2. The van der Waals surface area contributed by atoms with Crippen LogP contribution in [0.15, 0.2) is 18.2 Å². The fraction of sp³-hybridized carbons (Fsp3) is 0.357. The van der Waals surface area contributed by atoms with Crippen molar-refractivity contribution in [1.29, 1.82) is 0 Å². The second-order valence-electron chi connectivity index (χ2n) is 5.18. The van der Waals surface area contributed by atoms with Crippen LogP contribution in [0, 0.1) is 17.0 Å². The topological polar surface area (TPSA) is 82.7 Å². The molecule has 1 aromatic heterocycles. The van der Waals surface area contributed by atoms with E-state index >= 15 is 0 Å². The van der Waals surface area contributed by atoms with Gasteiger partial charge in [-0.25, -0.2) is 4.68 Å². The van der Waals surface area contributed by atoms with Crippen molar-refractivity contribution in [2.45, 2.75) is 13.5 Å². The molecule has 0 atom stereocenters. The molecule has 2 aromatic rings. The van der Waals surface area contributed by atoms with Crippen LogP contribution in [0.3, 0.4) is 0 Å². The maximum Gasteiger partial charge on any atom is 0.333 e. The lowest BCUT2D eigenvalue weighted by molar-refractivity contribution is -0.384. The predicted octanol–water partition coefficient (Wildman–Crippen LogP) is 2.00. The van der Waals surface area contributed by atoms with Crippen LogP contribution in [0.5, 0.6) is 11.5 Å². The average Bonchev–Trinajstić information content (AvgIpc) is 3.01. The van der Waals surface area contributed by atoms with Crippen molar-refractivity contribution in [3.05, 3.63) is 39.6 Å². The summed E-state index contributed by atoms with van der Waals surface area (Å²) in [5, 5.41) is 15.4. The first-order valence-electron chi connectivity index (χ1n) is 6.75. The summed E-state index contributed by atoms with van der Waals surface area (Å²) in [6.45, 7) is 2.35. The molecule has 0 fully saturated rings. The molecule has 8 heteroatoms. The summed E-state index contributed by atoms with van der Waals surface area (Å²) in [6, 6.07) is 5.64. The second-order valence-corrected chi connectivity index (χ2v) is 5.18. The maximum absolute atomic E-state index is 11.3. The van der Waals surface area contributed by atoms with E-state index in [2.05, 4.69) is 5.10 Å². The van der Waals surface area contributed by atoms with Crippen molar-refractivity contribution >= 4 is 11.5 Å². The van der Waals surface area contributed by atoms with Gasteiger partial charge in [-0.1, -0.05) is 6.07 Å². The third-order valence-corrected chi connectivity index (χ3v) is 3.56. The molecule has 2 heterocycles. The number of hydrogen-bond donors (Lipinski definition) is 0. The highest BCUT2D eigenvalue weighted by Crippen LogP contribution is 2.34. The van der Waals surface area contributed by atoms with Gasteiger partial charge in [-0.15, -0.1) is 0 Å². The molecule has 1 aromatic carbocycles. The molecule has 1 aliphatic rings. The van der Waals surface area contributed by atoms with Crippen molar-refractivity contribution < 1.29 is 14.4 Å². The molecule has 0 radical (unpaired) electrons. The van der Waals surface area contributed by atoms with Gasteiger partial charge < -0.3 is 14.4 Å². The second kappa shape index (κ2) is 5.21. The maximum atomic E-state index is 11.3. The van der Waals surface area contributed by atoms with Crippen molar-refractivity contribution in [1.82, 2.24) is 9.78 Å². The smallest absolute Gasteiger partial charge is 0.333 e. The number of rotatable bonds is 4. The largest absolute Gasteiger partial charge is 0.454 e. The minimum Gasteiger partial charge on any atom is -0.454 e. The van der Waals surface area contributed by atoms with Crippen LogP contribution in [-0.2, 0) is 13.6 Å². The molecule has 0 bridgehead atoms. The standard InChI is InChI=1S/C14H16N4O4/c1-9-13(18(19)20)14(17(3)15-9)16(2)7-10-4-5-11-12(6-10)22-8-21-11/h4-6H,7-8H2,1-3H3. The Morgan fingerprint density at radius 3 is 2.86 bits per heavy atom. The molecular weight excluding hydrogens is 288 g/mol. The third-order valence-electron chi connectivity index (χ3n) is 3.56. The number of aromatic nitrogens is 2. The minimum atomic E-state index is -0.395. The van der Waals surface area contributed by atoms with E-state index in [-0.39, 0.29) is 12.5 Å². The lowest BCUT2D eigenvalue weighted by Gasteiger charge is -2.18. The van der Waals surface area contributed by atoms with E-state index in [1.165, 1.54) is 4.68 Å². The summed E-state index contributed by atoms with van der Waals surface area (Å²) in [7, 11) is 3.50. The van der Waals surface area contributed by atoms with Crippen LogP contribution in [0.4, 0.5) is 11.5 Å². The molecule has 1 aliphatic heterocycles.